The Labute approximate surface area is 127 Å². The van der Waals surface area contributed by atoms with Gasteiger partial charge < -0.3 is 15.7 Å². The molecule has 1 aromatic rings. The number of aliphatic carboxylic acids is 1. The van der Waals surface area contributed by atoms with Crippen LogP contribution in [0.25, 0.3) is 0 Å². The number of halogens is 2. The van der Waals surface area contributed by atoms with Crippen molar-refractivity contribution in [2.75, 3.05) is 5.32 Å². The van der Waals surface area contributed by atoms with Gasteiger partial charge in [0.15, 0.2) is 0 Å². The zero-order valence-corrected chi connectivity index (χ0v) is 13.0. The second kappa shape index (κ2) is 7.30. The van der Waals surface area contributed by atoms with E-state index in [1.165, 1.54) is 6.08 Å². The number of carbonyl (C=O) groups excluding carboxylic acids is 1. The van der Waals surface area contributed by atoms with Crippen molar-refractivity contribution < 1.29 is 14.7 Å². The van der Waals surface area contributed by atoms with Gasteiger partial charge in [-0.05, 0) is 40.5 Å². The van der Waals surface area contributed by atoms with E-state index in [9.17, 15) is 9.59 Å². The third-order valence-electron chi connectivity index (χ3n) is 2.19. The standard InChI is InChI=1S/C12H12Br2N2O3/c1-2-3-10(11(17)18)16-12(19)15-9-5-4-7(13)6-8(9)14/h2,4-6,10H,1,3H2,(H,17,18)(H2,15,16,19). The number of amides is 2. The Hall–Kier alpha value is -1.34. The smallest absolute Gasteiger partial charge is 0.326 e. The van der Waals surface area contributed by atoms with E-state index in [-0.39, 0.29) is 6.42 Å². The number of urea groups is 1. The number of carboxylic acid groups (broad SMARTS) is 1. The van der Waals surface area contributed by atoms with E-state index >= 15 is 0 Å². The van der Waals surface area contributed by atoms with E-state index in [2.05, 4.69) is 49.1 Å². The molecular weight excluding hydrogens is 380 g/mol. The minimum absolute atomic E-state index is 0.157. The molecule has 7 heteroatoms. The van der Waals surface area contributed by atoms with E-state index in [4.69, 9.17) is 5.11 Å². The quantitative estimate of drug-likeness (QED) is 0.673. The fourth-order valence-electron chi connectivity index (χ4n) is 1.30. The number of hydrogen-bond donors (Lipinski definition) is 3. The molecule has 1 unspecified atom stereocenters. The zero-order chi connectivity index (χ0) is 14.4. The van der Waals surface area contributed by atoms with Crippen molar-refractivity contribution in [2.45, 2.75) is 12.5 Å². The molecule has 0 spiro atoms. The Morgan fingerprint density at radius 1 is 1.42 bits per heavy atom. The van der Waals surface area contributed by atoms with Gasteiger partial charge in [-0.25, -0.2) is 9.59 Å². The summed E-state index contributed by atoms with van der Waals surface area (Å²) >= 11 is 6.59. The highest BCUT2D eigenvalue weighted by atomic mass is 79.9. The summed E-state index contributed by atoms with van der Waals surface area (Å²) in [5.41, 5.74) is 0.545. The van der Waals surface area contributed by atoms with Crippen molar-refractivity contribution >= 4 is 49.5 Å². The van der Waals surface area contributed by atoms with Gasteiger partial charge in [-0.1, -0.05) is 22.0 Å². The molecular formula is C12H12Br2N2O3. The number of nitrogens with one attached hydrogen (secondary N) is 2. The highest BCUT2D eigenvalue weighted by molar-refractivity contribution is 9.11. The van der Waals surface area contributed by atoms with Crippen LogP contribution in [0.4, 0.5) is 10.5 Å². The predicted molar refractivity (Wildman–Crippen MR) is 80.2 cm³/mol. The van der Waals surface area contributed by atoms with E-state index in [0.717, 1.165) is 4.47 Å². The van der Waals surface area contributed by atoms with Crippen LogP contribution in [0.15, 0.2) is 39.8 Å². The Kier molecular flexibility index (Phi) is 6.04. The molecule has 0 aliphatic carbocycles. The Morgan fingerprint density at radius 2 is 2.11 bits per heavy atom. The van der Waals surface area contributed by atoms with E-state index < -0.39 is 18.0 Å². The minimum atomic E-state index is -1.11. The Bertz CT molecular complexity index is 506. The number of carbonyl (C=O) groups is 2. The monoisotopic (exact) mass is 390 g/mol. The minimum Gasteiger partial charge on any atom is -0.480 e. The summed E-state index contributed by atoms with van der Waals surface area (Å²) in [4.78, 5) is 22.6. The fourth-order valence-corrected chi connectivity index (χ4v) is 2.44. The van der Waals surface area contributed by atoms with Crippen molar-refractivity contribution in [1.82, 2.24) is 5.32 Å². The molecule has 0 saturated heterocycles. The van der Waals surface area contributed by atoms with Gasteiger partial charge in [-0.2, -0.15) is 0 Å². The molecule has 3 N–H and O–H groups in total. The number of benzene rings is 1. The van der Waals surface area contributed by atoms with Gasteiger partial charge in [-0.15, -0.1) is 6.58 Å². The van der Waals surface area contributed by atoms with Crippen LogP contribution in [-0.2, 0) is 4.79 Å². The van der Waals surface area contributed by atoms with Gasteiger partial charge in [0.25, 0.3) is 0 Å². The molecule has 0 heterocycles. The van der Waals surface area contributed by atoms with Crippen molar-refractivity contribution in [2.24, 2.45) is 0 Å². The fraction of sp³-hybridized carbons (Fsp3) is 0.167. The Balaban J connectivity index is 2.68. The highest BCUT2D eigenvalue weighted by Gasteiger charge is 2.18. The van der Waals surface area contributed by atoms with Crippen molar-refractivity contribution in [1.29, 1.82) is 0 Å². The van der Waals surface area contributed by atoms with Crippen molar-refractivity contribution in [3.63, 3.8) is 0 Å². The number of anilines is 1. The zero-order valence-electron chi connectivity index (χ0n) is 9.82. The summed E-state index contributed by atoms with van der Waals surface area (Å²) in [5, 5.41) is 13.8. The average Bonchev–Trinajstić information content (AvgIpc) is 2.32. The van der Waals surface area contributed by atoms with Crippen molar-refractivity contribution in [3.05, 3.63) is 39.8 Å². The molecule has 1 rings (SSSR count). The maximum Gasteiger partial charge on any atom is 0.326 e. The highest BCUT2D eigenvalue weighted by Crippen LogP contribution is 2.25. The van der Waals surface area contributed by atoms with Gasteiger partial charge >= 0.3 is 12.0 Å². The maximum atomic E-state index is 11.7. The molecule has 102 valence electrons. The van der Waals surface area contributed by atoms with Crippen LogP contribution >= 0.6 is 31.9 Å². The molecule has 2 amide bonds. The molecule has 1 aromatic carbocycles. The molecule has 1 atom stereocenters. The van der Waals surface area contributed by atoms with E-state index in [1.807, 2.05) is 0 Å². The van der Waals surface area contributed by atoms with Gasteiger partial charge in [0, 0.05) is 8.95 Å². The lowest BCUT2D eigenvalue weighted by Gasteiger charge is -2.14. The van der Waals surface area contributed by atoms with E-state index in [1.54, 1.807) is 18.2 Å². The lowest BCUT2D eigenvalue weighted by Crippen LogP contribution is -2.42. The van der Waals surface area contributed by atoms with Gasteiger partial charge in [0.1, 0.15) is 6.04 Å². The normalized spacial score (nSPS) is 11.5. The topological polar surface area (TPSA) is 78.4 Å². The largest absolute Gasteiger partial charge is 0.480 e. The second-order valence-electron chi connectivity index (χ2n) is 3.64. The average molecular weight is 392 g/mol. The third kappa shape index (κ3) is 5.04. The Morgan fingerprint density at radius 3 is 2.63 bits per heavy atom. The van der Waals surface area contributed by atoms with Crippen LogP contribution in [0.2, 0.25) is 0 Å². The van der Waals surface area contributed by atoms with Crippen LogP contribution < -0.4 is 10.6 Å². The second-order valence-corrected chi connectivity index (χ2v) is 5.41. The molecule has 19 heavy (non-hydrogen) atoms. The van der Waals surface area contributed by atoms with Crippen LogP contribution in [0, 0.1) is 0 Å². The summed E-state index contributed by atoms with van der Waals surface area (Å²) in [6, 6.07) is 3.65. The summed E-state index contributed by atoms with van der Waals surface area (Å²) in [5.74, 6) is -1.11. The first-order valence-corrected chi connectivity index (χ1v) is 6.89. The van der Waals surface area contributed by atoms with Crippen LogP contribution in [0.1, 0.15) is 6.42 Å². The number of carboxylic acids is 1. The summed E-state index contributed by atoms with van der Waals surface area (Å²) in [7, 11) is 0. The van der Waals surface area contributed by atoms with Crippen LogP contribution in [0.3, 0.4) is 0 Å². The number of hydrogen-bond acceptors (Lipinski definition) is 2. The van der Waals surface area contributed by atoms with Crippen LogP contribution in [0.5, 0.6) is 0 Å². The molecule has 0 radical (unpaired) electrons. The molecule has 0 aliphatic rings. The summed E-state index contributed by atoms with van der Waals surface area (Å²) in [6.07, 6.45) is 1.60. The van der Waals surface area contributed by atoms with Gasteiger partial charge in [0.05, 0.1) is 5.69 Å². The summed E-state index contributed by atoms with van der Waals surface area (Å²) in [6.45, 7) is 3.45. The molecule has 0 saturated carbocycles. The summed E-state index contributed by atoms with van der Waals surface area (Å²) < 4.78 is 1.55. The lowest BCUT2D eigenvalue weighted by molar-refractivity contribution is -0.139. The number of rotatable bonds is 5. The van der Waals surface area contributed by atoms with E-state index in [0.29, 0.717) is 10.2 Å². The molecule has 0 aliphatic heterocycles. The predicted octanol–water partition coefficient (Wildman–Crippen LogP) is 3.36. The first-order chi connectivity index (χ1) is 8.93. The molecule has 5 nitrogen and oxygen atoms in total. The molecule has 0 aromatic heterocycles. The lowest BCUT2D eigenvalue weighted by atomic mass is 10.2. The third-order valence-corrected chi connectivity index (χ3v) is 3.33. The first kappa shape index (κ1) is 15.7. The first-order valence-electron chi connectivity index (χ1n) is 5.30. The maximum absolute atomic E-state index is 11.7. The van der Waals surface area contributed by atoms with Gasteiger partial charge in [0.2, 0.25) is 0 Å². The van der Waals surface area contributed by atoms with Crippen molar-refractivity contribution in [3.8, 4) is 0 Å². The molecule has 0 bridgehead atoms. The molecule has 0 fully saturated rings. The SMILES string of the molecule is C=CCC(NC(=O)Nc1ccc(Br)cc1Br)C(=O)O. The van der Waals surface area contributed by atoms with Crippen LogP contribution in [-0.4, -0.2) is 23.1 Å². The van der Waals surface area contributed by atoms with Gasteiger partial charge in [-0.3, -0.25) is 0 Å².